The Kier molecular flexibility index (Phi) is 2.88. The molecule has 0 saturated carbocycles. The summed E-state index contributed by atoms with van der Waals surface area (Å²) in [4.78, 5) is 4.03. The molecule has 1 aromatic heterocycles. The fraction of sp³-hybridized carbons (Fsp3) is 0.250. The molecule has 0 atom stereocenters. The maximum atomic E-state index is 8.33. The topological polar surface area (TPSA) is 36.7 Å². The molecule has 0 N–H and O–H groups in total. The second-order valence-corrected chi connectivity index (χ2v) is 2.39. The van der Waals surface area contributed by atoms with Gasteiger partial charge in [-0.05, 0) is 11.6 Å². The van der Waals surface area contributed by atoms with Crippen LogP contribution in [0.2, 0.25) is 0 Å². The van der Waals surface area contributed by atoms with E-state index in [0.717, 1.165) is 11.3 Å². The van der Waals surface area contributed by atoms with Crippen LogP contribution in [0.3, 0.4) is 0 Å². The van der Waals surface area contributed by atoms with Gasteiger partial charge >= 0.3 is 0 Å². The zero-order chi connectivity index (χ0) is 8.10. The van der Waals surface area contributed by atoms with Gasteiger partial charge in [0.15, 0.2) is 0 Å². The number of nitrogens with zero attached hydrogens (tertiary/aromatic N) is 2. The lowest BCUT2D eigenvalue weighted by molar-refractivity contribution is 1.09. The molecule has 0 aliphatic rings. The van der Waals surface area contributed by atoms with Crippen LogP contribution in [0, 0.1) is 11.3 Å². The summed E-state index contributed by atoms with van der Waals surface area (Å²) in [5, 5.41) is 8.33. The summed E-state index contributed by atoms with van der Waals surface area (Å²) in [7, 11) is 0. The van der Waals surface area contributed by atoms with Crippen molar-refractivity contribution in [2.45, 2.75) is 12.3 Å². The van der Waals surface area contributed by atoms with Gasteiger partial charge in [-0.15, -0.1) is 11.6 Å². The predicted molar refractivity (Wildman–Crippen MR) is 43.1 cm³/mol. The van der Waals surface area contributed by atoms with Crippen LogP contribution in [0.5, 0.6) is 0 Å². The van der Waals surface area contributed by atoms with Gasteiger partial charge in [-0.25, -0.2) is 0 Å². The summed E-state index contributed by atoms with van der Waals surface area (Å²) in [6.07, 6.45) is 2.06. The molecule has 0 amide bonds. The van der Waals surface area contributed by atoms with Crippen LogP contribution in [-0.4, -0.2) is 4.98 Å². The molecule has 0 aliphatic heterocycles. The van der Waals surface area contributed by atoms with Gasteiger partial charge in [0.2, 0.25) is 0 Å². The molecule has 0 unspecified atom stereocenters. The average molecular weight is 167 g/mol. The van der Waals surface area contributed by atoms with Gasteiger partial charge in [0.25, 0.3) is 0 Å². The van der Waals surface area contributed by atoms with E-state index in [1.807, 2.05) is 18.2 Å². The molecule has 0 bridgehead atoms. The third-order valence-corrected chi connectivity index (χ3v) is 1.61. The lowest BCUT2D eigenvalue weighted by Gasteiger charge is -1.94. The highest BCUT2D eigenvalue weighted by Gasteiger charge is 1.92. The standard InChI is InChI=1S/C8H7ClN2/c9-5-7-1-2-8(3-4-10)11-6-7/h1-2,6H,3,5H2. The van der Waals surface area contributed by atoms with E-state index in [0.29, 0.717) is 12.3 Å². The number of halogens is 1. The highest BCUT2D eigenvalue weighted by atomic mass is 35.5. The van der Waals surface area contributed by atoms with Crippen molar-refractivity contribution in [2.24, 2.45) is 0 Å². The number of pyridine rings is 1. The lowest BCUT2D eigenvalue weighted by atomic mass is 10.2. The van der Waals surface area contributed by atoms with Gasteiger partial charge in [-0.2, -0.15) is 5.26 Å². The van der Waals surface area contributed by atoms with Crippen molar-refractivity contribution >= 4 is 11.6 Å². The Hall–Kier alpha value is -1.07. The Labute approximate surface area is 70.4 Å². The second kappa shape index (κ2) is 3.95. The van der Waals surface area contributed by atoms with E-state index in [4.69, 9.17) is 16.9 Å². The molecule has 1 rings (SSSR count). The zero-order valence-electron chi connectivity index (χ0n) is 5.92. The van der Waals surface area contributed by atoms with E-state index < -0.39 is 0 Å². The van der Waals surface area contributed by atoms with Crippen LogP contribution in [-0.2, 0) is 12.3 Å². The minimum atomic E-state index is 0.364. The van der Waals surface area contributed by atoms with Crippen LogP contribution in [0.15, 0.2) is 18.3 Å². The normalized spacial score (nSPS) is 9.09. The van der Waals surface area contributed by atoms with Gasteiger partial charge in [0, 0.05) is 12.1 Å². The van der Waals surface area contributed by atoms with E-state index in [1.165, 1.54) is 0 Å². The maximum absolute atomic E-state index is 8.33. The van der Waals surface area contributed by atoms with E-state index >= 15 is 0 Å². The zero-order valence-corrected chi connectivity index (χ0v) is 6.67. The predicted octanol–water partition coefficient (Wildman–Crippen LogP) is 1.89. The average Bonchev–Trinajstić information content (AvgIpc) is 2.07. The monoisotopic (exact) mass is 166 g/mol. The van der Waals surface area contributed by atoms with Crippen molar-refractivity contribution < 1.29 is 0 Å². The minimum absolute atomic E-state index is 0.364. The molecule has 2 nitrogen and oxygen atoms in total. The molecule has 56 valence electrons. The molecule has 3 heteroatoms. The molecule has 0 saturated heterocycles. The molecule has 0 fully saturated rings. The molecule has 11 heavy (non-hydrogen) atoms. The summed E-state index contributed by atoms with van der Waals surface area (Å²) in [6, 6.07) is 5.73. The number of aromatic nitrogens is 1. The SMILES string of the molecule is N#CCc1ccc(CCl)cn1. The fourth-order valence-electron chi connectivity index (χ4n) is 0.720. The Morgan fingerprint density at radius 1 is 1.55 bits per heavy atom. The van der Waals surface area contributed by atoms with E-state index in [1.54, 1.807) is 6.20 Å². The Balaban J connectivity index is 2.76. The third-order valence-electron chi connectivity index (χ3n) is 1.30. The van der Waals surface area contributed by atoms with Gasteiger partial charge in [-0.1, -0.05) is 6.07 Å². The molecule has 0 aromatic carbocycles. The number of alkyl halides is 1. The van der Waals surface area contributed by atoms with Crippen LogP contribution < -0.4 is 0 Å². The fourth-order valence-corrected chi connectivity index (χ4v) is 0.878. The number of nitriles is 1. The van der Waals surface area contributed by atoms with Crippen LogP contribution in [0.4, 0.5) is 0 Å². The Bertz CT molecular complexity index is 260. The first-order valence-electron chi connectivity index (χ1n) is 3.23. The maximum Gasteiger partial charge on any atom is 0.0774 e. The first kappa shape index (κ1) is 8.03. The number of hydrogen-bond acceptors (Lipinski definition) is 2. The summed E-state index contributed by atoms with van der Waals surface area (Å²) < 4.78 is 0. The van der Waals surface area contributed by atoms with Gasteiger partial charge in [0.05, 0.1) is 18.2 Å². The van der Waals surface area contributed by atoms with Gasteiger partial charge in [-0.3, -0.25) is 4.98 Å². The van der Waals surface area contributed by atoms with Gasteiger partial charge < -0.3 is 0 Å². The van der Waals surface area contributed by atoms with Crippen molar-refractivity contribution in [3.05, 3.63) is 29.6 Å². The number of hydrogen-bond donors (Lipinski definition) is 0. The molecule has 0 radical (unpaired) electrons. The summed E-state index contributed by atoms with van der Waals surface area (Å²) in [5.74, 6) is 0.472. The first-order valence-corrected chi connectivity index (χ1v) is 3.77. The quantitative estimate of drug-likeness (QED) is 0.630. The number of rotatable bonds is 2. The van der Waals surface area contributed by atoms with E-state index in [2.05, 4.69) is 4.98 Å². The smallest absolute Gasteiger partial charge is 0.0774 e. The van der Waals surface area contributed by atoms with Crippen molar-refractivity contribution in [2.75, 3.05) is 0 Å². The lowest BCUT2D eigenvalue weighted by Crippen LogP contribution is -1.88. The molecule has 0 spiro atoms. The summed E-state index contributed by atoms with van der Waals surface area (Å²) in [5.41, 5.74) is 1.77. The highest BCUT2D eigenvalue weighted by molar-refractivity contribution is 6.17. The first-order chi connectivity index (χ1) is 5.36. The Morgan fingerprint density at radius 2 is 2.36 bits per heavy atom. The van der Waals surface area contributed by atoms with Crippen molar-refractivity contribution in [1.82, 2.24) is 4.98 Å². The van der Waals surface area contributed by atoms with Crippen molar-refractivity contribution in [1.29, 1.82) is 5.26 Å². The van der Waals surface area contributed by atoms with Crippen molar-refractivity contribution in [3.8, 4) is 6.07 Å². The van der Waals surface area contributed by atoms with E-state index in [-0.39, 0.29) is 0 Å². The van der Waals surface area contributed by atoms with E-state index in [9.17, 15) is 0 Å². The highest BCUT2D eigenvalue weighted by Crippen LogP contribution is 2.03. The van der Waals surface area contributed by atoms with Crippen LogP contribution in [0.25, 0.3) is 0 Å². The minimum Gasteiger partial charge on any atom is -0.260 e. The third kappa shape index (κ3) is 2.21. The molecular formula is C8H7ClN2. The molecular weight excluding hydrogens is 160 g/mol. The molecule has 0 aliphatic carbocycles. The summed E-state index contributed by atoms with van der Waals surface area (Å²) >= 11 is 5.55. The molecule has 1 heterocycles. The molecule has 1 aromatic rings. The second-order valence-electron chi connectivity index (χ2n) is 2.13. The van der Waals surface area contributed by atoms with Crippen molar-refractivity contribution in [3.63, 3.8) is 0 Å². The largest absolute Gasteiger partial charge is 0.260 e. The van der Waals surface area contributed by atoms with Crippen LogP contribution in [0.1, 0.15) is 11.3 Å². The summed E-state index contributed by atoms with van der Waals surface area (Å²) in [6.45, 7) is 0. The Morgan fingerprint density at radius 3 is 2.82 bits per heavy atom. The van der Waals surface area contributed by atoms with Gasteiger partial charge in [0.1, 0.15) is 0 Å². The van der Waals surface area contributed by atoms with Crippen LogP contribution >= 0.6 is 11.6 Å².